The number of likely N-dealkylation sites (tertiary alicyclic amines) is 1. The fraction of sp³-hybridized carbons (Fsp3) is 0.154. The first-order chi connectivity index (χ1) is 16.5. The number of amides is 3. The zero-order valence-corrected chi connectivity index (χ0v) is 18.2. The topological polar surface area (TPSA) is 102 Å². The number of nitrogens with zero attached hydrogens (tertiary/aromatic N) is 1. The van der Waals surface area contributed by atoms with Crippen molar-refractivity contribution >= 4 is 29.4 Å². The van der Waals surface area contributed by atoms with E-state index < -0.39 is 18.5 Å². The predicted molar refractivity (Wildman–Crippen MR) is 123 cm³/mol. The van der Waals surface area contributed by atoms with Crippen molar-refractivity contribution in [1.82, 2.24) is 4.90 Å². The van der Waals surface area contributed by atoms with Crippen LogP contribution >= 0.6 is 0 Å². The van der Waals surface area contributed by atoms with Gasteiger partial charge in [-0.3, -0.25) is 19.3 Å². The van der Waals surface area contributed by atoms with Crippen molar-refractivity contribution in [1.29, 1.82) is 0 Å². The minimum atomic E-state index is -0.651. The van der Waals surface area contributed by atoms with Crippen LogP contribution in [0.1, 0.15) is 28.8 Å². The summed E-state index contributed by atoms with van der Waals surface area (Å²) in [5.41, 5.74) is 1.52. The molecular formula is C26H22N2O6. The van der Waals surface area contributed by atoms with Crippen LogP contribution in [0.3, 0.4) is 0 Å². The zero-order valence-electron chi connectivity index (χ0n) is 18.2. The molecule has 1 N–H and O–H groups in total. The minimum absolute atomic E-state index is 0.171. The van der Waals surface area contributed by atoms with Gasteiger partial charge in [0.1, 0.15) is 11.5 Å². The monoisotopic (exact) mass is 458 g/mol. The standard InChI is InChI=1S/C26H22N2O6/c29-23(27-20-10-12-22(13-11-20)34-21-4-2-1-3-5-21)17-33-26(32)19-8-6-18(7-9-19)16-28-24(30)14-15-25(28)31/h1-13H,14-17H2,(H,27,29). The fourth-order valence-corrected chi connectivity index (χ4v) is 3.37. The second kappa shape index (κ2) is 10.4. The molecule has 0 saturated carbocycles. The molecule has 172 valence electrons. The Balaban J connectivity index is 1.24. The number of ether oxygens (including phenoxy) is 2. The van der Waals surface area contributed by atoms with Crippen molar-refractivity contribution in [3.63, 3.8) is 0 Å². The summed E-state index contributed by atoms with van der Waals surface area (Å²) < 4.78 is 10.8. The molecule has 0 aliphatic carbocycles. The van der Waals surface area contributed by atoms with Crippen molar-refractivity contribution in [2.75, 3.05) is 11.9 Å². The molecule has 3 aromatic carbocycles. The summed E-state index contributed by atoms with van der Waals surface area (Å²) in [7, 11) is 0. The molecule has 4 rings (SSSR count). The van der Waals surface area contributed by atoms with E-state index in [4.69, 9.17) is 9.47 Å². The Morgan fingerprint density at radius 1 is 0.794 bits per heavy atom. The maximum absolute atomic E-state index is 12.2. The lowest BCUT2D eigenvalue weighted by molar-refractivity contribution is -0.139. The molecule has 1 fully saturated rings. The van der Waals surface area contributed by atoms with Gasteiger partial charge in [0.2, 0.25) is 11.8 Å². The normalized spacial score (nSPS) is 13.0. The molecule has 1 saturated heterocycles. The van der Waals surface area contributed by atoms with Crippen molar-refractivity contribution < 1.29 is 28.7 Å². The highest BCUT2D eigenvalue weighted by molar-refractivity contribution is 6.01. The smallest absolute Gasteiger partial charge is 0.338 e. The largest absolute Gasteiger partial charge is 0.457 e. The highest BCUT2D eigenvalue weighted by Gasteiger charge is 2.28. The Morgan fingerprint density at radius 3 is 2.06 bits per heavy atom. The first kappa shape index (κ1) is 22.7. The molecule has 3 amide bonds. The van der Waals surface area contributed by atoms with Crippen molar-refractivity contribution in [2.45, 2.75) is 19.4 Å². The van der Waals surface area contributed by atoms with Gasteiger partial charge < -0.3 is 14.8 Å². The lowest BCUT2D eigenvalue weighted by Crippen LogP contribution is -2.28. The molecule has 0 radical (unpaired) electrons. The van der Waals surface area contributed by atoms with Crippen LogP contribution in [0.15, 0.2) is 78.9 Å². The van der Waals surface area contributed by atoms with Gasteiger partial charge in [-0.05, 0) is 54.1 Å². The van der Waals surface area contributed by atoms with Crippen LogP contribution in [0.2, 0.25) is 0 Å². The number of anilines is 1. The van der Waals surface area contributed by atoms with E-state index in [0.717, 1.165) is 5.56 Å². The number of esters is 1. The van der Waals surface area contributed by atoms with Gasteiger partial charge in [-0.1, -0.05) is 30.3 Å². The number of imide groups is 1. The van der Waals surface area contributed by atoms with E-state index in [2.05, 4.69) is 5.32 Å². The molecular weight excluding hydrogens is 436 g/mol. The number of rotatable bonds is 8. The molecule has 0 unspecified atom stereocenters. The van der Waals surface area contributed by atoms with Crippen molar-refractivity contribution in [3.8, 4) is 11.5 Å². The molecule has 0 bridgehead atoms. The van der Waals surface area contributed by atoms with Gasteiger partial charge in [-0.25, -0.2) is 4.79 Å². The van der Waals surface area contributed by atoms with Crippen LogP contribution < -0.4 is 10.1 Å². The van der Waals surface area contributed by atoms with Gasteiger partial charge in [-0.2, -0.15) is 0 Å². The second-order valence-electron chi connectivity index (χ2n) is 7.63. The molecule has 0 spiro atoms. The Morgan fingerprint density at radius 2 is 1.41 bits per heavy atom. The van der Waals surface area contributed by atoms with Gasteiger partial charge in [0.15, 0.2) is 6.61 Å². The highest BCUT2D eigenvalue weighted by atomic mass is 16.5. The number of carbonyl (C=O) groups is 4. The lowest BCUT2D eigenvalue weighted by atomic mass is 10.1. The van der Waals surface area contributed by atoms with E-state index in [1.807, 2.05) is 30.3 Å². The Kier molecular flexibility index (Phi) is 6.98. The summed E-state index contributed by atoms with van der Waals surface area (Å²) >= 11 is 0. The number of benzene rings is 3. The van der Waals surface area contributed by atoms with Crippen molar-refractivity contribution in [3.05, 3.63) is 90.0 Å². The van der Waals surface area contributed by atoms with Gasteiger partial charge >= 0.3 is 5.97 Å². The van der Waals surface area contributed by atoms with Gasteiger partial charge in [-0.15, -0.1) is 0 Å². The Hall–Kier alpha value is -4.46. The van der Waals surface area contributed by atoms with Gasteiger partial charge in [0, 0.05) is 18.5 Å². The van der Waals surface area contributed by atoms with Crippen LogP contribution in [0.5, 0.6) is 11.5 Å². The summed E-state index contributed by atoms with van der Waals surface area (Å²) in [6, 6.07) is 22.5. The number of hydrogen-bond donors (Lipinski definition) is 1. The second-order valence-corrected chi connectivity index (χ2v) is 7.63. The molecule has 1 heterocycles. The van der Waals surface area contributed by atoms with E-state index in [1.165, 1.54) is 17.0 Å². The summed E-state index contributed by atoms with van der Waals surface area (Å²) in [5.74, 6) is -0.195. The molecule has 34 heavy (non-hydrogen) atoms. The van der Waals surface area contributed by atoms with E-state index in [0.29, 0.717) is 17.2 Å². The van der Waals surface area contributed by atoms with Gasteiger partial charge in [0.25, 0.3) is 5.91 Å². The zero-order chi connectivity index (χ0) is 23.9. The number of carbonyl (C=O) groups excluding carboxylic acids is 4. The van der Waals surface area contributed by atoms with Gasteiger partial charge in [0.05, 0.1) is 12.1 Å². The molecule has 0 aromatic heterocycles. The first-order valence-corrected chi connectivity index (χ1v) is 10.7. The van der Waals surface area contributed by atoms with E-state index in [9.17, 15) is 19.2 Å². The predicted octanol–water partition coefficient (Wildman–Crippen LogP) is 3.92. The molecule has 8 heteroatoms. The summed E-state index contributed by atoms with van der Waals surface area (Å²) in [6.45, 7) is -0.274. The summed E-state index contributed by atoms with van der Waals surface area (Å²) in [6.07, 6.45) is 0.466. The van der Waals surface area contributed by atoms with E-state index in [-0.39, 0.29) is 36.8 Å². The first-order valence-electron chi connectivity index (χ1n) is 10.7. The quantitative estimate of drug-likeness (QED) is 0.406. The number of para-hydroxylation sites is 1. The van der Waals surface area contributed by atoms with Crippen molar-refractivity contribution in [2.24, 2.45) is 0 Å². The summed E-state index contributed by atoms with van der Waals surface area (Å²) in [5, 5.41) is 2.66. The average molecular weight is 458 g/mol. The molecule has 8 nitrogen and oxygen atoms in total. The summed E-state index contributed by atoms with van der Waals surface area (Å²) in [4.78, 5) is 49.0. The van der Waals surface area contributed by atoms with Crippen LogP contribution in [0.4, 0.5) is 5.69 Å². The molecule has 3 aromatic rings. The molecule has 1 aliphatic rings. The van der Waals surface area contributed by atoms with Crippen LogP contribution in [-0.2, 0) is 25.7 Å². The molecule has 1 aliphatic heterocycles. The minimum Gasteiger partial charge on any atom is -0.457 e. The number of hydrogen-bond acceptors (Lipinski definition) is 6. The van der Waals surface area contributed by atoms with E-state index in [1.54, 1.807) is 36.4 Å². The van der Waals surface area contributed by atoms with Crippen LogP contribution in [0, 0.1) is 0 Å². The average Bonchev–Trinajstić information content (AvgIpc) is 3.17. The fourth-order valence-electron chi connectivity index (χ4n) is 3.37. The molecule has 0 atom stereocenters. The van der Waals surface area contributed by atoms with Crippen LogP contribution in [-0.4, -0.2) is 35.2 Å². The van der Waals surface area contributed by atoms with Crippen LogP contribution in [0.25, 0.3) is 0 Å². The SMILES string of the molecule is O=C(COC(=O)c1ccc(CN2C(=O)CCC2=O)cc1)Nc1ccc(Oc2ccccc2)cc1. The number of nitrogens with one attached hydrogen (secondary N) is 1. The Labute approximate surface area is 196 Å². The lowest BCUT2D eigenvalue weighted by Gasteiger charge is -2.13. The Bertz CT molecular complexity index is 1170. The third kappa shape index (κ3) is 5.86. The third-order valence-corrected chi connectivity index (χ3v) is 5.14. The third-order valence-electron chi connectivity index (χ3n) is 5.14. The maximum atomic E-state index is 12.2. The highest BCUT2D eigenvalue weighted by Crippen LogP contribution is 2.22. The maximum Gasteiger partial charge on any atom is 0.338 e. The van der Waals surface area contributed by atoms with E-state index >= 15 is 0 Å².